The molecule has 0 aliphatic heterocycles. The van der Waals surface area contributed by atoms with Crippen molar-refractivity contribution in [2.24, 2.45) is 5.92 Å². The Balaban J connectivity index is 1.51. The molecule has 3 aromatic rings. The van der Waals surface area contributed by atoms with Crippen LogP contribution in [0, 0.1) is 12.8 Å². The predicted octanol–water partition coefficient (Wildman–Crippen LogP) is 5.20. The van der Waals surface area contributed by atoms with Crippen LogP contribution in [0.3, 0.4) is 0 Å². The van der Waals surface area contributed by atoms with Crippen molar-refractivity contribution in [3.63, 3.8) is 0 Å². The van der Waals surface area contributed by atoms with Gasteiger partial charge < -0.3 is 5.32 Å². The molecule has 0 radical (unpaired) electrons. The van der Waals surface area contributed by atoms with E-state index >= 15 is 0 Å². The number of thioether (sulfide) groups is 1. The molecular weight excluding hydrogens is 408 g/mol. The lowest BCUT2D eigenvalue weighted by atomic mass is 9.89. The Labute approximate surface area is 186 Å². The molecule has 1 aliphatic rings. The van der Waals surface area contributed by atoms with E-state index in [4.69, 9.17) is 0 Å². The summed E-state index contributed by atoms with van der Waals surface area (Å²) in [4.78, 5) is 30.2. The average Bonchev–Trinajstić information content (AvgIpc) is 3.24. The van der Waals surface area contributed by atoms with Crippen LogP contribution in [0.1, 0.15) is 42.5 Å². The highest BCUT2D eigenvalue weighted by Crippen LogP contribution is 2.28. The van der Waals surface area contributed by atoms with E-state index in [0.717, 1.165) is 42.5 Å². The molecule has 1 heterocycles. The Hall–Kier alpha value is -2.93. The summed E-state index contributed by atoms with van der Waals surface area (Å²) in [6, 6.07) is 17.3. The molecule has 1 saturated carbocycles. The first kappa shape index (κ1) is 21.3. The van der Waals surface area contributed by atoms with Crippen molar-refractivity contribution < 1.29 is 9.59 Å². The number of hydrogen-bond acceptors (Lipinski definition) is 5. The molecule has 160 valence electrons. The van der Waals surface area contributed by atoms with Crippen molar-refractivity contribution in [2.45, 2.75) is 44.2 Å². The fourth-order valence-electron chi connectivity index (χ4n) is 3.73. The van der Waals surface area contributed by atoms with Crippen molar-refractivity contribution in [2.75, 3.05) is 11.1 Å². The number of aromatic nitrogens is 3. The van der Waals surface area contributed by atoms with E-state index in [2.05, 4.69) is 15.4 Å². The van der Waals surface area contributed by atoms with Crippen molar-refractivity contribution in [1.29, 1.82) is 0 Å². The van der Waals surface area contributed by atoms with Crippen LogP contribution in [0.2, 0.25) is 0 Å². The molecule has 0 bridgehead atoms. The van der Waals surface area contributed by atoms with E-state index in [1.807, 2.05) is 61.5 Å². The zero-order valence-electron chi connectivity index (χ0n) is 17.6. The number of nitrogens with zero attached hydrogens (tertiary/aromatic N) is 3. The molecule has 1 aliphatic carbocycles. The molecule has 1 amide bonds. The first-order valence-corrected chi connectivity index (χ1v) is 11.6. The lowest BCUT2D eigenvalue weighted by molar-refractivity contribution is -0.113. The van der Waals surface area contributed by atoms with Gasteiger partial charge in [-0.15, -0.1) is 5.10 Å². The van der Waals surface area contributed by atoms with E-state index in [9.17, 15) is 9.59 Å². The molecule has 2 aromatic carbocycles. The maximum absolute atomic E-state index is 13.2. The van der Waals surface area contributed by atoms with Gasteiger partial charge in [-0.05, 0) is 31.9 Å². The third kappa shape index (κ3) is 5.41. The molecule has 1 aromatic heterocycles. The van der Waals surface area contributed by atoms with Gasteiger partial charge in [0.15, 0.2) is 11.0 Å². The first-order valence-electron chi connectivity index (χ1n) is 10.7. The number of anilines is 1. The van der Waals surface area contributed by atoms with Crippen LogP contribution in [0.5, 0.6) is 0 Å². The Morgan fingerprint density at radius 1 is 1.03 bits per heavy atom. The monoisotopic (exact) mass is 434 g/mol. The molecule has 0 atom stereocenters. The third-order valence-electron chi connectivity index (χ3n) is 5.44. The minimum absolute atomic E-state index is 0.0178. The smallest absolute Gasteiger partial charge is 0.252 e. The van der Waals surface area contributed by atoms with Gasteiger partial charge in [0.2, 0.25) is 5.91 Å². The summed E-state index contributed by atoms with van der Waals surface area (Å²) in [6.07, 6.45) is 5.09. The van der Waals surface area contributed by atoms with Gasteiger partial charge in [0.1, 0.15) is 0 Å². The number of hydrogen-bond donors (Lipinski definition) is 1. The maximum atomic E-state index is 13.2. The molecule has 7 heteroatoms. The highest BCUT2D eigenvalue weighted by atomic mass is 32.2. The lowest BCUT2D eigenvalue weighted by Crippen LogP contribution is -2.26. The topological polar surface area (TPSA) is 76.9 Å². The summed E-state index contributed by atoms with van der Waals surface area (Å²) in [5.41, 5.74) is 2.74. The van der Waals surface area contributed by atoms with Crippen LogP contribution in [0.25, 0.3) is 11.4 Å². The molecule has 4 rings (SSSR count). The van der Waals surface area contributed by atoms with Crippen molar-refractivity contribution >= 4 is 29.3 Å². The normalized spacial score (nSPS) is 14.4. The molecule has 0 saturated heterocycles. The second kappa shape index (κ2) is 9.92. The SMILES string of the molecule is Cc1ccc(NC(=O)CSc2nc(-c3ccccc3)nn2C(=O)C2CCCCC2)cc1. The summed E-state index contributed by atoms with van der Waals surface area (Å²) >= 11 is 1.24. The standard InChI is InChI=1S/C24H26N4O2S/c1-17-12-14-20(15-13-17)25-21(29)16-31-24-26-22(18-8-4-2-5-9-18)27-28(24)23(30)19-10-6-3-7-11-19/h2,4-5,8-9,12-15,19H,3,6-7,10-11,16H2,1H3,(H,25,29). The van der Waals surface area contributed by atoms with Gasteiger partial charge in [-0.2, -0.15) is 4.68 Å². The summed E-state index contributed by atoms with van der Waals surface area (Å²) in [5, 5.41) is 7.88. The fraction of sp³-hybridized carbons (Fsp3) is 0.333. The van der Waals surface area contributed by atoms with E-state index in [1.165, 1.54) is 22.9 Å². The van der Waals surface area contributed by atoms with Crippen LogP contribution in [-0.2, 0) is 4.79 Å². The van der Waals surface area contributed by atoms with Crippen molar-refractivity contribution in [3.05, 3.63) is 60.2 Å². The Morgan fingerprint density at radius 2 is 1.74 bits per heavy atom. The fourth-order valence-corrected chi connectivity index (χ4v) is 4.47. The Morgan fingerprint density at radius 3 is 2.45 bits per heavy atom. The quantitative estimate of drug-likeness (QED) is 0.539. The molecule has 1 fully saturated rings. The summed E-state index contributed by atoms with van der Waals surface area (Å²) in [5.74, 6) is 0.468. The number of aryl methyl sites for hydroxylation is 1. The molecule has 1 N–H and O–H groups in total. The lowest BCUT2D eigenvalue weighted by Gasteiger charge is -2.20. The minimum atomic E-state index is -0.144. The van der Waals surface area contributed by atoms with Gasteiger partial charge in [-0.3, -0.25) is 9.59 Å². The Kier molecular flexibility index (Phi) is 6.82. The second-order valence-corrected chi connectivity index (χ2v) is 8.81. The van der Waals surface area contributed by atoms with E-state index in [0.29, 0.717) is 11.0 Å². The van der Waals surface area contributed by atoms with Crippen LogP contribution in [0.4, 0.5) is 5.69 Å². The maximum Gasteiger partial charge on any atom is 0.252 e. The number of carbonyl (C=O) groups excluding carboxylic acids is 2. The first-order chi connectivity index (χ1) is 15.1. The second-order valence-electron chi connectivity index (χ2n) is 7.87. The van der Waals surface area contributed by atoms with Crippen LogP contribution >= 0.6 is 11.8 Å². The van der Waals surface area contributed by atoms with Crippen LogP contribution in [-0.4, -0.2) is 32.3 Å². The predicted molar refractivity (Wildman–Crippen MR) is 123 cm³/mol. The Bertz CT molecular complexity index is 1040. The van der Waals surface area contributed by atoms with Gasteiger partial charge in [-0.25, -0.2) is 4.98 Å². The highest BCUT2D eigenvalue weighted by molar-refractivity contribution is 7.99. The summed E-state index contributed by atoms with van der Waals surface area (Å²) < 4.78 is 1.42. The molecule has 0 unspecified atom stereocenters. The largest absolute Gasteiger partial charge is 0.325 e. The summed E-state index contributed by atoms with van der Waals surface area (Å²) in [7, 11) is 0. The number of nitrogens with one attached hydrogen (secondary N) is 1. The average molecular weight is 435 g/mol. The van der Waals surface area contributed by atoms with Gasteiger partial charge in [0.05, 0.1) is 5.75 Å². The molecule has 6 nitrogen and oxygen atoms in total. The van der Waals surface area contributed by atoms with Gasteiger partial charge in [0, 0.05) is 17.2 Å². The van der Waals surface area contributed by atoms with E-state index in [-0.39, 0.29) is 23.5 Å². The van der Waals surface area contributed by atoms with Gasteiger partial charge >= 0.3 is 0 Å². The third-order valence-corrected chi connectivity index (χ3v) is 6.37. The van der Waals surface area contributed by atoms with E-state index in [1.54, 1.807) is 0 Å². The zero-order chi connectivity index (χ0) is 21.6. The summed E-state index contributed by atoms with van der Waals surface area (Å²) in [6.45, 7) is 2.00. The number of amides is 1. The van der Waals surface area contributed by atoms with Crippen molar-refractivity contribution in [3.8, 4) is 11.4 Å². The zero-order valence-corrected chi connectivity index (χ0v) is 18.4. The molecule has 31 heavy (non-hydrogen) atoms. The van der Waals surface area contributed by atoms with Crippen LogP contribution < -0.4 is 5.32 Å². The number of benzene rings is 2. The van der Waals surface area contributed by atoms with E-state index < -0.39 is 0 Å². The molecule has 0 spiro atoms. The highest BCUT2D eigenvalue weighted by Gasteiger charge is 2.27. The van der Waals surface area contributed by atoms with Crippen molar-refractivity contribution in [1.82, 2.24) is 14.8 Å². The number of rotatable bonds is 6. The van der Waals surface area contributed by atoms with Gasteiger partial charge in [0.25, 0.3) is 5.91 Å². The minimum Gasteiger partial charge on any atom is -0.325 e. The van der Waals surface area contributed by atoms with Crippen LogP contribution in [0.15, 0.2) is 59.8 Å². The van der Waals surface area contributed by atoms with Gasteiger partial charge in [-0.1, -0.05) is 79.1 Å². The molecular formula is C24H26N4O2S. The number of carbonyl (C=O) groups is 2.